The summed E-state index contributed by atoms with van der Waals surface area (Å²) in [5.41, 5.74) is 6.98. The molecule has 3 nitrogen and oxygen atoms in total. The first-order chi connectivity index (χ1) is 7.90. The second-order valence-electron chi connectivity index (χ2n) is 4.66. The minimum atomic E-state index is -0.0235. The molecule has 0 saturated heterocycles. The van der Waals surface area contributed by atoms with Crippen LogP contribution in [0.25, 0.3) is 0 Å². The Morgan fingerprint density at radius 1 is 1.35 bits per heavy atom. The number of hydrogen-bond acceptors (Lipinski definition) is 3. The molecule has 0 heterocycles. The number of nitrogens with two attached hydrogens (primary N) is 1. The summed E-state index contributed by atoms with van der Waals surface area (Å²) in [6, 6.07) is 5.95. The van der Waals surface area contributed by atoms with Gasteiger partial charge < -0.3 is 15.4 Å². The van der Waals surface area contributed by atoms with Gasteiger partial charge >= 0.3 is 0 Å². The lowest BCUT2D eigenvalue weighted by Crippen LogP contribution is -2.28. The Hall–Kier alpha value is -0.580. The molecule has 1 rings (SSSR count). The zero-order valence-electron chi connectivity index (χ0n) is 10.9. The molecule has 1 aromatic carbocycles. The van der Waals surface area contributed by atoms with E-state index in [9.17, 15) is 0 Å². The number of ether oxygens (including phenoxy) is 1. The molecule has 0 saturated carbocycles. The Labute approximate surface area is 112 Å². The van der Waals surface area contributed by atoms with Crippen LogP contribution in [-0.2, 0) is 0 Å². The summed E-state index contributed by atoms with van der Waals surface area (Å²) in [5.74, 6) is 0.865. The molecule has 2 N–H and O–H groups in total. The van der Waals surface area contributed by atoms with Gasteiger partial charge in [-0.25, -0.2) is 0 Å². The maximum absolute atomic E-state index is 5.95. The van der Waals surface area contributed by atoms with Gasteiger partial charge in [0.05, 0.1) is 0 Å². The average molecular weight is 301 g/mol. The highest BCUT2D eigenvalue weighted by molar-refractivity contribution is 9.10. The first-order valence-electron chi connectivity index (χ1n) is 5.76. The summed E-state index contributed by atoms with van der Waals surface area (Å²) in [6.45, 7) is 4.91. The van der Waals surface area contributed by atoms with Crippen molar-refractivity contribution in [1.29, 1.82) is 0 Å². The van der Waals surface area contributed by atoms with Crippen LogP contribution in [-0.4, -0.2) is 31.6 Å². The summed E-state index contributed by atoms with van der Waals surface area (Å²) in [7, 11) is 4.07. The Bertz CT molecular complexity index is 366. The van der Waals surface area contributed by atoms with E-state index >= 15 is 0 Å². The van der Waals surface area contributed by atoms with E-state index in [1.165, 1.54) is 0 Å². The van der Waals surface area contributed by atoms with Crippen LogP contribution >= 0.6 is 15.9 Å². The third-order valence-corrected chi connectivity index (χ3v) is 2.91. The van der Waals surface area contributed by atoms with Crippen LogP contribution in [0.15, 0.2) is 22.7 Å². The molecule has 0 bridgehead atoms. The average Bonchev–Trinajstić information content (AvgIpc) is 2.15. The van der Waals surface area contributed by atoms with Gasteiger partial charge in [0.15, 0.2) is 0 Å². The first kappa shape index (κ1) is 14.5. The summed E-state index contributed by atoms with van der Waals surface area (Å²) in [6.07, 6.45) is 0.136. The molecule has 0 aliphatic carbocycles. The minimum absolute atomic E-state index is 0.0235. The van der Waals surface area contributed by atoms with Crippen molar-refractivity contribution in [2.45, 2.75) is 26.0 Å². The highest BCUT2D eigenvalue weighted by atomic mass is 79.9. The van der Waals surface area contributed by atoms with Gasteiger partial charge in [-0.15, -0.1) is 0 Å². The van der Waals surface area contributed by atoms with E-state index in [1.807, 2.05) is 39.2 Å². The number of benzene rings is 1. The Balaban J connectivity index is 2.84. The lowest BCUT2D eigenvalue weighted by atomic mass is 10.1. The number of nitrogens with zero attached hydrogens (tertiary/aromatic N) is 1. The van der Waals surface area contributed by atoms with Gasteiger partial charge in [0, 0.05) is 22.6 Å². The molecule has 0 aromatic heterocycles. The van der Waals surface area contributed by atoms with Crippen molar-refractivity contribution in [1.82, 2.24) is 4.90 Å². The lowest BCUT2D eigenvalue weighted by molar-refractivity contribution is 0.175. The largest absolute Gasteiger partial charge is 0.489 e. The third-order valence-electron chi connectivity index (χ3n) is 2.42. The minimum Gasteiger partial charge on any atom is -0.489 e. The van der Waals surface area contributed by atoms with Crippen LogP contribution in [0, 0.1) is 0 Å². The smallest absolute Gasteiger partial charge is 0.125 e. The third kappa shape index (κ3) is 4.66. The molecule has 0 amide bonds. The van der Waals surface area contributed by atoms with E-state index in [1.54, 1.807) is 0 Å². The fourth-order valence-electron chi connectivity index (χ4n) is 1.75. The molecule has 0 radical (unpaired) electrons. The molecular formula is C13H21BrN2O. The normalized spacial score (nSPS) is 14.8. The molecule has 17 heavy (non-hydrogen) atoms. The molecule has 96 valence electrons. The maximum Gasteiger partial charge on any atom is 0.125 e. The molecule has 2 atom stereocenters. The van der Waals surface area contributed by atoms with E-state index in [0.29, 0.717) is 0 Å². The zero-order valence-corrected chi connectivity index (χ0v) is 12.5. The van der Waals surface area contributed by atoms with Crippen molar-refractivity contribution in [2.75, 3.05) is 20.6 Å². The second kappa shape index (κ2) is 6.38. The van der Waals surface area contributed by atoms with Crippen molar-refractivity contribution in [3.8, 4) is 5.75 Å². The molecule has 2 unspecified atom stereocenters. The predicted octanol–water partition coefficient (Wildman–Crippen LogP) is 2.80. The van der Waals surface area contributed by atoms with Gasteiger partial charge in [-0.2, -0.15) is 0 Å². The Morgan fingerprint density at radius 3 is 2.53 bits per heavy atom. The van der Waals surface area contributed by atoms with Crippen LogP contribution in [0.2, 0.25) is 0 Å². The van der Waals surface area contributed by atoms with Gasteiger partial charge in [0.1, 0.15) is 11.9 Å². The standard InChI is InChI=1S/C13H21BrN2O/c1-9(8-16(3)4)17-13-7-11(14)5-6-12(13)10(2)15/h5-7,9-10H,8,15H2,1-4H3. The highest BCUT2D eigenvalue weighted by Gasteiger charge is 2.12. The molecule has 4 heteroatoms. The van der Waals surface area contributed by atoms with Gasteiger partial charge in [0.25, 0.3) is 0 Å². The molecule has 0 spiro atoms. The van der Waals surface area contributed by atoms with Crippen LogP contribution in [0.5, 0.6) is 5.75 Å². The van der Waals surface area contributed by atoms with E-state index in [2.05, 4.69) is 27.8 Å². The number of halogens is 1. The summed E-state index contributed by atoms with van der Waals surface area (Å²) in [4.78, 5) is 2.11. The van der Waals surface area contributed by atoms with Crippen molar-refractivity contribution in [3.05, 3.63) is 28.2 Å². The highest BCUT2D eigenvalue weighted by Crippen LogP contribution is 2.28. The van der Waals surface area contributed by atoms with Crippen molar-refractivity contribution in [2.24, 2.45) is 5.73 Å². The van der Waals surface area contributed by atoms with Crippen LogP contribution in [0.4, 0.5) is 0 Å². The van der Waals surface area contributed by atoms with E-state index < -0.39 is 0 Å². The molecule has 0 fully saturated rings. The second-order valence-corrected chi connectivity index (χ2v) is 5.58. The van der Waals surface area contributed by atoms with Crippen LogP contribution in [0.3, 0.4) is 0 Å². The zero-order chi connectivity index (χ0) is 13.0. The number of hydrogen-bond donors (Lipinski definition) is 1. The molecular weight excluding hydrogens is 280 g/mol. The lowest BCUT2D eigenvalue weighted by Gasteiger charge is -2.21. The Kier molecular flexibility index (Phi) is 5.43. The SMILES string of the molecule is CC(CN(C)C)Oc1cc(Br)ccc1C(C)N. The van der Waals surface area contributed by atoms with Crippen molar-refractivity contribution in [3.63, 3.8) is 0 Å². The molecule has 0 aliphatic heterocycles. The van der Waals surface area contributed by atoms with E-state index in [0.717, 1.165) is 22.3 Å². The fraction of sp³-hybridized carbons (Fsp3) is 0.538. The molecule has 0 aliphatic rings. The van der Waals surface area contributed by atoms with Crippen LogP contribution < -0.4 is 10.5 Å². The van der Waals surface area contributed by atoms with Gasteiger partial charge in [-0.3, -0.25) is 0 Å². The fourth-order valence-corrected chi connectivity index (χ4v) is 2.09. The van der Waals surface area contributed by atoms with Gasteiger partial charge in [-0.05, 0) is 40.1 Å². The summed E-state index contributed by atoms with van der Waals surface area (Å²) < 4.78 is 6.96. The van der Waals surface area contributed by atoms with E-state index in [4.69, 9.17) is 10.5 Å². The van der Waals surface area contributed by atoms with Crippen molar-refractivity contribution < 1.29 is 4.74 Å². The van der Waals surface area contributed by atoms with Crippen molar-refractivity contribution >= 4 is 15.9 Å². The maximum atomic E-state index is 5.95. The van der Waals surface area contributed by atoms with Gasteiger partial charge in [-0.1, -0.05) is 22.0 Å². The Morgan fingerprint density at radius 2 is 2.00 bits per heavy atom. The van der Waals surface area contributed by atoms with E-state index in [-0.39, 0.29) is 12.1 Å². The molecule has 1 aromatic rings. The topological polar surface area (TPSA) is 38.5 Å². The van der Waals surface area contributed by atoms with Crippen LogP contribution in [0.1, 0.15) is 25.5 Å². The summed E-state index contributed by atoms with van der Waals surface area (Å²) >= 11 is 3.45. The number of rotatable bonds is 5. The quantitative estimate of drug-likeness (QED) is 0.909. The van der Waals surface area contributed by atoms with Gasteiger partial charge in [0.2, 0.25) is 0 Å². The number of likely N-dealkylation sites (N-methyl/N-ethyl adjacent to an activating group) is 1. The summed E-state index contributed by atoms with van der Waals surface area (Å²) in [5, 5.41) is 0. The first-order valence-corrected chi connectivity index (χ1v) is 6.56. The predicted molar refractivity (Wildman–Crippen MR) is 75.4 cm³/mol. The monoisotopic (exact) mass is 300 g/mol.